The molecule has 1 atom stereocenters. The van der Waals surface area contributed by atoms with Crippen molar-refractivity contribution < 1.29 is 4.57 Å². The van der Waals surface area contributed by atoms with Crippen molar-refractivity contribution in [1.82, 2.24) is 0 Å². The number of nitrogens with zero attached hydrogens (tertiary/aromatic N) is 1. The second-order valence-electron chi connectivity index (χ2n) is 4.83. The summed E-state index contributed by atoms with van der Waals surface area (Å²) in [5.41, 5.74) is 6.25. The van der Waals surface area contributed by atoms with E-state index in [-0.39, 0.29) is 0 Å². The second kappa shape index (κ2) is 2.94. The van der Waals surface area contributed by atoms with Crippen LogP contribution in [0.15, 0.2) is 42.6 Å². The highest BCUT2D eigenvalue weighted by molar-refractivity contribution is 5.45. The summed E-state index contributed by atoms with van der Waals surface area (Å²) in [6.45, 7) is 1.05. The minimum Gasteiger partial charge on any atom is -0.198 e. The van der Waals surface area contributed by atoms with E-state index in [0.29, 0.717) is 5.92 Å². The van der Waals surface area contributed by atoms with Crippen molar-refractivity contribution in [2.45, 2.75) is 25.3 Å². The first-order chi connectivity index (χ1) is 7.93. The molecule has 16 heavy (non-hydrogen) atoms. The lowest BCUT2D eigenvalue weighted by Gasteiger charge is -2.19. The van der Waals surface area contributed by atoms with Gasteiger partial charge in [-0.1, -0.05) is 24.3 Å². The minimum atomic E-state index is 0.654. The van der Waals surface area contributed by atoms with Crippen LogP contribution in [0.1, 0.15) is 34.7 Å². The molecule has 1 nitrogen and oxygen atoms in total. The first kappa shape index (κ1) is 8.51. The van der Waals surface area contributed by atoms with Gasteiger partial charge in [0.1, 0.15) is 0 Å². The average molecular weight is 208 g/mol. The van der Waals surface area contributed by atoms with Crippen molar-refractivity contribution in [3.05, 3.63) is 65.0 Å². The van der Waals surface area contributed by atoms with Gasteiger partial charge in [-0.2, -0.15) is 4.57 Å². The lowest BCUT2D eigenvalue weighted by molar-refractivity contribution is -0.699. The van der Waals surface area contributed by atoms with Gasteiger partial charge in [0.05, 0.1) is 5.92 Å². The molecule has 1 heteroatoms. The number of fused-ring (bicyclic) bond motifs is 2. The topological polar surface area (TPSA) is 3.88 Å². The van der Waals surface area contributed by atoms with Gasteiger partial charge in [0.25, 0.3) is 0 Å². The zero-order valence-electron chi connectivity index (χ0n) is 9.19. The summed E-state index contributed by atoms with van der Waals surface area (Å²) in [5, 5.41) is 0. The Bertz CT molecular complexity index is 571. The molecule has 2 aliphatic rings. The highest BCUT2D eigenvalue weighted by atomic mass is 15.0. The zero-order chi connectivity index (χ0) is 10.5. The van der Waals surface area contributed by atoms with E-state index < -0.39 is 0 Å². The van der Waals surface area contributed by atoms with Crippen LogP contribution in [0.25, 0.3) is 0 Å². The van der Waals surface area contributed by atoms with Gasteiger partial charge in [0.15, 0.2) is 18.4 Å². The van der Waals surface area contributed by atoms with Crippen molar-refractivity contribution in [2.75, 3.05) is 0 Å². The largest absolute Gasteiger partial charge is 0.198 e. The van der Waals surface area contributed by atoms with E-state index in [2.05, 4.69) is 47.2 Å². The number of hydrogen-bond acceptors (Lipinski definition) is 0. The van der Waals surface area contributed by atoms with Gasteiger partial charge in [-0.05, 0) is 24.0 Å². The standard InChI is InChI=1S/C15H14N/c1-2-9-16-10-12-5-3-4-11-7-8-13(15(11)12)14(16)6-1/h1-6,9,13H,7-8,10H2/q+1. The molecule has 0 saturated heterocycles. The van der Waals surface area contributed by atoms with Crippen LogP contribution in [-0.2, 0) is 13.0 Å². The number of benzene rings is 1. The molecule has 4 rings (SSSR count). The highest BCUT2D eigenvalue weighted by Crippen LogP contribution is 2.40. The molecule has 1 aliphatic carbocycles. The molecule has 1 aromatic heterocycles. The molecule has 0 N–H and O–H groups in total. The minimum absolute atomic E-state index is 0.654. The van der Waals surface area contributed by atoms with Crippen LogP contribution in [0, 0.1) is 0 Å². The van der Waals surface area contributed by atoms with Gasteiger partial charge in [-0.25, -0.2) is 0 Å². The smallest absolute Gasteiger partial charge is 0.189 e. The average Bonchev–Trinajstić information content (AvgIpc) is 2.76. The molecular formula is C15H14N+. The molecule has 0 radical (unpaired) electrons. The first-order valence-corrected chi connectivity index (χ1v) is 6.02. The monoisotopic (exact) mass is 208 g/mol. The normalized spacial score (nSPS) is 20.4. The summed E-state index contributed by atoms with van der Waals surface area (Å²) in [6, 6.07) is 13.4. The van der Waals surface area contributed by atoms with Crippen LogP contribution in [0.4, 0.5) is 0 Å². The van der Waals surface area contributed by atoms with Gasteiger partial charge in [-0.3, -0.25) is 0 Å². The third-order valence-corrected chi connectivity index (χ3v) is 4.01. The van der Waals surface area contributed by atoms with E-state index in [0.717, 1.165) is 6.54 Å². The molecule has 0 bridgehead atoms. The Balaban J connectivity index is 2.01. The molecule has 1 aliphatic heterocycles. The highest BCUT2D eigenvalue weighted by Gasteiger charge is 2.36. The van der Waals surface area contributed by atoms with E-state index in [1.54, 1.807) is 11.1 Å². The third kappa shape index (κ3) is 0.981. The van der Waals surface area contributed by atoms with E-state index in [9.17, 15) is 0 Å². The maximum atomic E-state index is 2.40. The molecule has 78 valence electrons. The van der Waals surface area contributed by atoms with E-state index >= 15 is 0 Å². The van der Waals surface area contributed by atoms with Crippen LogP contribution in [0.3, 0.4) is 0 Å². The molecule has 0 amide bonds. The summed E-state index contributed by atoms with van der Waals surface area (Å²) < 4.78 is 2.40. The number of hydrogen-bond donors (Lipinski definition) is 0. The number of rotatable bonds is 0. The van der Waals surface area contributed by atoms with Crippen molar-refractivity contribution in [3.8, 4) is 0 Å². The fourth-order valence-electron chi connectivity index (χ4n) is 3.34. The van der Waals surface area contributed by atoms with Gasteiger partial charge in [-0.15, -0.1) is 0 Å². The van der Waals surface area contributed by atoms with Gasteiger partial charge in [0.2, 0.25) is 0 Å². The molecular weight excluding hydrogens is 194 g/mol. The Hall–Kier alpha value is -1.63. The molecule has 0 fully saturated rings. The van der Waals surface area contributed by atoms with Crippen LogP contribution in [-0.4, -0.2) is 0 Å². The van der Waals surface area contributed by atoms with Crippen LogP contribution >= 0.6 is 0 Å². The number of pyridine rings is 1. The first-order valence-electron chi connectivity index (χ1n) is 6.02. The van der Waals surface area contributed by atoms with Crippen molar-refractivity contribution >= 4 is 0 Å². The Labute approximate surface area is 95.4 Å². The molecule has 1 unspecified atom stereocenters. The molecule has 0 spiro atoms. The van der Waals surface area contributed by atoms with Crippen LogP contribution in [0.2, 0.25) is 0 Å². The van der Waals surface area contributed by atoms with Gasteiger partial charge < -0.3 is 0 Å². The van der Waals surface area contributed by atoms with Gasteiger partial charge >= 0.3 is 0 Å². The summed E-state index contributed by atoms with van der Waals surface area (Å²) in [4.78, 5) is 0. The lowest BCUT2D eigenvalue weighted by atomic mass is 9.89. The Kier molecular flexibility index (Phi) is 1.57. The third-order valence-electron chi connectivity index (χ3n) is 4.01. The van der Waals surface area contributed by atoms with Gasteiger partial charge in [0, 0.05) is 17.7 Å². The van der Waals surface area contributed by atoms with Crippen molar-refractivity contribution in [1.29, 1.82) is 0 Å². The lowest BCUT2D eigenvalue weighted by Crippen LogP contribution is -2.43. The Morgan fingerprint density at radius 3 is 2.94 bits per heavy atom. The number of aryl methyl sites for hydroxylation is 1. The van der Waals surface area contributed by atoms with E-state index in [4.69, 9.17) is 0 Å². The second-order valence-corrected chi connectivity index (χ2v) is 4.83. The van der Waals surface area contributed by atoms with Crippen LogP contribution < -0.4 is 4.57 Å². The number of aromatic nitrogens is 1. The summed E-state index contributed by atoms with van der Waals surface area (Å²) in [5.74, 6) is 0.654. The molecule has 1 aromatic carbocycles. The summed E-state index contributed by atoms with van der Waals surface area (Å²) in [6.07, 6.45) is 4.75. The van der Waals surface area contributed by atoms with Crippen LogP contribution in [0.5, 0.6) is 0 Å². The molecule has 2 aromatic rings. The SMILES string of the molecule is c1cc2c3c(c1)C[n+]1ccccc1C3CC2. The van der Waals surface area contributed by atoms with E-state index in [1.807, 2.05) is 0 Å². The maximum Gasteiger partial charge on any atom is 0.189 e. The Morgan fingerprint density at radius 1 is 1.00 bits per heavy atom. The van der Waals surface area contributed by atoms with Crippen molar-refractivity contribution in [2.24, 2.45) is 0 Å². The molecule has 0 saturated carbocycles. The molecule has 2 heterocycles. The zero-order valence-corrected chi connectivity index (χ0v) is 9.19. The fraction of sp³-hybridized carbons (Fsp3) is 0.267. The Morgan fingerprint density at radius 2 is 1.94 bits per heavy atom. The summed E-state index contributed by atoms with van der Waals surface area (Å²) in [7, 11) is 0. The predicted molar refractivity (Wildman–Crippen MR) is 62.3 cm³/mol. The predicted octanol–water partition coefficient (Wildman–Crippen LogP) is 2.41. The maximum absolute atomic E-state index is 2.40. The summed E-state index contributed by atoms with van der Waals surface area (Å²) >= 11 is 0. The van der Waals surface area contributed by atoms with Crippen molar-refractivity contribution in [3.63, 3.8) is 0 Å². The fourth-order valence-corrected chi connectivity index (χ4v) is 3.34. The van der Waals surface area contributed by atoms with E-state index in [1.165, 1.54) is 24.1 Å². The quantitative estimate of drug-likeness (QED) is 0.585.